The quantitative estimate of drug-likeness (QED) is 0.940. The first-order valence-corrected chi connectivity index (χ1v) is 7.85. The molecular weight excluding hydrogens is 292 g/mol. The molecule has 1 aromatic carbocycles. The van der Waals surface area contributed by atoms with Crippen LogP contribution >= 0.6 is 0 Å². The highest BCUT2D eigenvalue weighted by atomic mass is 16.6. The van der Waals surface area contributed by atoms with Crippen LogP contribution < -0.4 is 14.8 Å². The predicted octanol–water partition coefficient (Wildman–Crippen LogP) is 2.20. The van der Waals surface area contributed by atoms with Crippen molar-refractivity contribution in [3.63, 3.8) is 0 Å². The minimum Gasteiger partial charge on any atom is -0.486 e. The van der Waals surface area contributed by atoms with E-state index in [0.29, 0.717) is 19.8 Å². The number of pyridine rings is 1. The Bertz CT molecular complexity index is 726. The lowest BCUT2D eigenvalue weighted by Crippen LogP contribution is -2.34. The van der Waals surface area contributed by atoms with Gasteiger partial charge >= 0.3 is 0 Å². The number of hydrogen-bond donors (Lipinski definition) is 1. The molecule has 5 heteroatoms. The molecule has 1 aliphatic carbocycles. The average molecular weight is 310 g/mol. The number of fused-ring (bicyclic) bond motifs is 1. The van der Waals surface area contributed by atoms with Crippen molar-refractivity contribution in [2.75, 3.05) is 13.2 Å². The number of ether oxygens (including phenoxy) is 2. The largest absolute Gasteiger partial charge is 0.486 e. The van der Waals surface area contributed by atoms with Crippen LogP contribution in [0.1, 0.15) is 24.0 Å². The molecule has 2 heterocycles. The Hall–Kier alpha value is -2.56. The molecule has 23 heavy (non-hydrogen) atoms. The molecule has 0 saturated heterocycles. The normalized spacial score (nSPS) is 17.4. The number of benzene rings is 1. The molecule has 1 amide bonds. The third-order valence-electron chi connectivity index (χ3n) is 4.46. The lowest BCUT2D eigenvalue weighted by atomic mass is 9.94. The first-order chi connectivity index (χ1) is 11.3. The summed E-state index contributed by atoms with van der Waals surface area (Å²) >= 11 is 0. The van der Waals surface area contributed by atoms with Crippen LogP contribution in [0.2, 0.25) is 0 Å². The van der Waals surface area contributed by atoms with Gasteiger partial charge in [-0.15, -0.1) is 0 Å². The molecule has 1 saturated carbocycles. The molecule has 1 N–H and O–H groups in total. The molecule has 2 aliphatic rings. The highest BCUT2D eigenvalue weighted by molar-refractivity contribution is 5.91. The lowest BCUT2D eigenvalue weighted by Gasteiger charge is -2.21. The van der Waals surface area contributed by atoms with Gasteiger partial charge in [0.1, 0.15) is 13.2 Å². The van der Waals surface area contributed by atoms with E-state index in [1.54, 1.807) is 12.4 Å². The molecule has 0 atom stereocenters. The minimum absolute atomic E-state index is 0.0676. The molecule has 0 spiro atoms. The number of nitrogens with zero attached hydrogens (tertiary/aromatic N) is 1. The maximum atomic E-state index is 12.7. The zero-order chi connectivity index (χ0) is 15.7. The number of carbonyl (C=O) groups is 1. The predicted molar refractivity (Wildman–Crippen MR) is 84.4 cm³/mol. The third kappa shape index (κ3) is 2.63. The molecule has 1 aromatic heterocycles. The summed E-state index contributed by atoms with van der Waals surface area (Å²) in [5.74, 6) is 1.56. The van der Waals surface area contributed by atoms with Gasteiger partial charge in [-0.25, -0.2) is 0 Å². The van der Waals surface area contributed by atoms with E-state index in [1.165, 1.54) is 0 Å². The summed E-state index contributed by atoms with van der Waals surface area (Å²) < 4.78 is 11.2. The number of aromatic nitrogens is 1. The van der Waals surface area contributed by atoms with Gasteiger partial charge in [0.25, 0.3) is 0 Å². The topological polar surface area (TPSA) is 60.5 Å². The molecule has 1 fully saturated rings. The smallest absolute Gasteiger partial charge is 0.230 e. The van der Waals surface area contributed by atoms with E-state index in [9.17, 15) is 4.79 Å². The molecule has 1 aliphatic heterocycles. The second kappa shape index (κ2) is 5.57. The number of nitrogens with one attached hydrogen (secondary N) is 1. The maximum absolute atomic E-state index is 12.7. The molecule has 2 aromatic rings. The maximum Gasteiger partial charge on any atom is 0.230 e. The van der Waals surface area contributed by atoms with Gasteiger partial charge in [-0.05, 0) is 42.2 Å². The molecule has 0 unspecified atom stereocenters. The highest BCUT2D eigenvalue weighted by Crippen LogP contribution is 2.50. The van der Waals surface area contributed by atoms with Crippen LogP contribution in [0.4, 0.5) is 0 Å². The summed E-state index contributed by atoms with van der Waals surface area (Å²) in [6.07, 6.45) is 5.23. The van der Waals surface area contributed by atoms with Crippen LogP contribution in [-0.4, -0.2) is 24.1 Å². The zero-order valence-corrected chi connectivity index (χ0v) is 12.7. The van der Waals surface area contributed by atoms with Crippen molar-refractivity contribution in [3.05, 3.63) is 53.9 Å². The number of carbonyl (C=O) groups excluding carboxylic acids is 1. The highest BCUT2D eigenvalue weighted by Gasteiger charge is 2.51. The first kappa shape index (κ1) is 14.1. The fourth-order valence-corrected chi connectivity index (χ4v) is 2.97. The number of hydrogen-bond acceptors (Lipinski definition) is 4. The fraction of sp³-hybridized carbons (Fsp3) is 0.333. The van der Waals surface area contributed by atoms with E-state index in [4.69, 9.17) is 9.47 Å². The number of amides is 1. The van der Waals surface area contributed by atoms with Crippen molar-refractivity contribution in [2.45, 2.75) is 24.8 Å². The first-order valence-electron chi connectivity index (χ1n) is 7.85. The molecule has 0 bridgehead atoms. The fourth-order valence-electron chi connectivity index (χ4n) is 2.97. The summed E-state index contributed by atoms with van der Waals surface area (Å²) in [5, 5.41) is 3.03. The summed E-state index contributed by atoms with van der Waals surface area (Å²) in [6.45, 7) is 1.62. The summed E-state index contributed by atoms with van der Waals surface area (Å²) in [6, 6.07) is 9.65. The molecular formula is C18H18N2O3. The van der Waals surface area contributed by atoms with Gasteiger partial charge in [0.05, 0.1) is 5.41 Å². The van der Waals surface area contributed by atoms with Crippen LogP contribution in [0.25, 0.3) is 0 Å². The zero-order valence-electron chi connectivity index (χ0n) is 12.7. The van der Waals surface area contributed by atoms with Crippen LogP contribution in [0, 0.1) is 0 Å². The van der Waals surface area contributed by atoms with E-state index in [2.05, 4.69) is 10.3 Å². The van der Waals surface area contributed by atoms with Crippen molar-refractivity contribution in [3.8, 4) is 11.5 Å². The Balaban J connectivity index is 1.50. The van der Waals surface area contributed by atoms with Crippen molar-refractivity contribution >= 4 is 5.91 Å². The SMILES string of the molecule is O=C(NCc1cccnc1)C1(c2ccc3c(c2)OCCO3)CC1. The van der Waals surface area contributed by atoms with Crippen LogP contribution in [0.15, 0.2) is 42.7 Å². The minimum atomic E-state index is -0.419. The Labute approximate surface area is 134 Å². The van der Waals surface area contributed by atoms with Crippen LogP contribution in [0.5, 0.6) is 11.5 Å². The standard InChI is InChI=1S/C18H18N2O3/c21-17(20-12-13-2-1-7-19-11-13)18(5-6-18)14-3-4-15-16(10-14)23-9-8-22-15/h1-4,7,10-11H,5-6,8-9,12H2,(H,20,21). The van der Waals surface area contributed by atoms with Gasteiger partial charge in [-0.1, -0.05) is 12.1 Å². The van der Waals surface area contributed by atoms with E-state index < -0.39 is 5.41 Å². The third-order valence-corrected chi connectivity index (χ3v) is 4.46. The number of rotatable bonds is 4. The second-order valence-electron chi connectivity index (χ2n) is 5.98. The lowest BCUT2D eigenvalue weighted by molar-refractivity contribution is -0.123. The van der Waals surface area contributed by atoms with Gasteiger partial charge in [-0.3, -0.25) is 9.78 Å². The van der Waals surface area contributed by atoms with Crippen molar-refractivity contribution in [1.29, 1.82) is 0 Å². The Kier molecular flexibility index (Phi) is 3.41. The Morgan fingerprint density at radius 2 is 2.00 bits per heavy atom. The van der Waals surface area contributed by atoms with Gasteiger partial charge in [0.2, 0.25) is 5.91 Å². The molecule has 0 radical (unpaired) electrons. The molecule has 5 nitrogen and oxygen atoms in total. The van der Waals surface area contributed by atoms with Crippen molar-refractivity contribution in [2.24, 2.45) is 0 Å². The van der Waals surface area contributed by atoms with Gasteiger partial charge < -0.3 is 14.8 Å². The summed E-state index contributed by atoms with van der Waals surface area (Å²) in [5.41, 5.74) is 1.59. The second-order valence-corrected chi connectivity index (χ2v) is 5.98. The summed E-state index contributed by atoms with van der Waals surface area (Å²) in [4.78, 5) is 16.7. The monoisotopic (exact) mass is 310 g/mol. The Morgan fingerprint density at radius 1 is 1.17 bits per heavy atom. The van der Waals surface area contributed by atoms with Gasteiger partial charge in [0.15, 0.2) is 11.5 Å². The molecule has 4 rings (SSSR count). The average Bonchev–Trinajstić information content (AvgIpc) is 3.42. The van der Waals surface area contributed by atoms with E-state index in [1.807, 2.05) is 30.3 Å². The van der Waals surface area contributed by atoms with E-state index in [0.717, 1.165) is 35.5 Å². The van der Waals surface area contributed by atoms with Crippen molar-refractivity contribution in [1.82, 2.24) is 10.3 Å². The Morgan fingerprint density at radius 3 is 2.74 bits per heavy atom. The van der Waals surface area contributed by atoms with E-state index in [-0.39, 0.29) is 5.91 Å². The van der Waals surface area contributed by atoms with Gasteiger partial charge in [-0.2, -0.15) is 0 Å². The van der Waals surface area contributed by atoms with E-state index >= 15 is 0 Å². The van der Waals surface area contributed by atoms with Crippen molar-refractivity contribution < 1.29 is 14.3 Å². The summed E-state index contributed by atoms with van der Waals surface area (Å²) in [7, 11) is 0. The van der Waals surface area contributed by atoms with Crippen LogP contribution in [0.3, 0.4) is 0 Å². The van der Waals surface area contributed by atoms with Crippen LogP contribution in [-0.2, 0) is 16.8 Å². The van der Waals surface area contributed by atoms with Gasteiger partial charge in [0, 0.05) is 18.9 Å². The molecule has 118 valence electrons.